The Hall–Kier alpha value is -1.37. The van der Waals surface area contributed by atoms with Gasteiger partial charge in [-0.2, -0.15) is 0 Å². The van der Waals surface area contributed by atoms with Gasteiger partial charge >= 0.3 is 0 Å². The van der Waals surface area contributed by atoms with Gasteiger partial charge in [0.2, 0.25) is 0 Å². The van der Waals surface area contributed by atoms with Gasteiger partial charge in [-0.3, -0.25) is 4.98 Å². The van der Waals surface area contributed by atoms with Crippen LogP contribution in [0.15, 0.2) is 23.7 Å². The number of hydrogen-bond donors (Lipinski definition) is 1. The molecule has 0 radical (unpaired) electrons. The quantitative estimate of drug-likeness (QED) is 0.902. The molecule has 94 valence electrons. The van der Waals surface area contributed by atoms with Crippen LogP contribution in [0.25, 0.3) is 11.4 Å². The summed E-state index contributed by atoms with van der Waals surface area (Å²) in [4.78, 5) is 8.55. The molecule has 4 nitrogen and oxygen atoms in total. The summed E-state index contributed by atoms with van der Waals surface area (Å²) in [5.74, 6) is -0.337. The van der Waals surface area contributed by atoms with Gasteiger partial charge in [-0.05, 0) is 12.1 Å². The van der Waals surface area contributed by atoms with Crippen molar-refractivity contribution in [1.29, 1.82) is 0 Å². The minimum absolute atomic E-state index is 0.151. The van der Waals surface area contributed by atoms with E-state index < -0.39 is 0 Å². The third-order valence-corrected chi connectivity index (χ3v) is 3.69. The molecule has 0 spiro atoms. The average Bonchev–Trinajstić information content (AvgIpc) is 2.90. The van der Waals surface area contributed by atoms with Crippen molar-refractivity contribution in [3.8, 4) is 11.4 Å². The van der Waals surface area contributed by atoms with Crippen molar-refractivity contribution < 1.29 is 9.13 Å². The van der Waals surface area contributed by atoms with Gasteiger partial charge in [-0.25, -0.2) is 9.37 Å². The van der Waals surface area contributed by atoms with Crippen LogP contribution < -0.4 is 5.32 Å². The molecule has 1 aliphatic rings. The van der Waals surface area contributed by atoms with Crippen molar-refractivity contribution in [3.05, 3.63) is 34.5 Å². The molecule has 1 N–H and O–H groups in total. The zero-order chi connectivity index (χ0) is 12.4. The predicted octanol–water partition coefficient (Wildman–Crippen LogP) is 2.01. The highest BCUT2D eigenvalue weighted by atomic mass is 32.1. The second kappa shape index (κ2) is 5.09. The van der Waals surface area contributed by atoms with E-state index in [2.05, 4.69) is 15.3 Å². The zero-order valence-corrected chi connectivity index (χ0v) is 10.4. The molecule has 0 aliphatic carbocycles. The van der Waals surface area contributed by atoms with E-state index in [1.165, 1.54) is 12.3 Å². The van der Waals surface area contributed by atoms with Crippen molar-refractivity contribution in [2.45, 2.75) is 6.04 Å². The van der Waals surface area contributed by atoms with Gasteiger partial charge < -0.3 is 10.1 Å². The van der Waals surface area contributed by atoms with Crippen molar-refractivity contribution in [3.63, 3.8) is 0 Å². The molecule has 0 bridgehead atoms. The second-order valence-corrected chi connectivity index (χ2v) is 4.90. The highest BCUT2D eigenvalue weighted by Crippen LogP contribution is 2.25. The molecule has 1 aliphatic heterocycles. The van der Waals surface area contributed by atoms with Crippen LogP contribution in [0.4, 0.5) is 4.39 Å². The normalized spacial score (nSPS) is 19.9. The van der Waals surface area contributed by atoms with E-state index in [1.807, 2.05) is 5.38 Å². The van der Waals surface area contributed by atoms with Gasteiger partial charge in [0.25, 0.3) is 0 Å². The Morgan fingerprint density at radius 2 is 2.33 bits per heavy atom. The Morgan fingerprint density at radius 3 is 3.06 bits per heavy atom. The fourth-order valence-electron chi connectivity index (χ4n) is 1.82. The number of morpholine rings is 1. The molecule has 6 heteroatoms. The maximum atomic E-state index is 12.8. The monoisotopic (exact) mass is 265 g/mol. The van der Waals surface area contributed by atoms with Crippen LogP contribution in [0.5, 0.6) is 0 Å². The zero-order valence-electron chi connectivity index (χ0n) is 9.60. The Morgan fingerprint density at radius 1 is 1.39 bits per heavy atom. The number of hydrogen-bond acceptors (Lipinski definition) is 5. The van der Waals surface area contributed by atoms with Gasteiger partial charge in [0.15, 0.2) is 0 Å². The van der Waals surface area contributed by atoms with Gasteiger partial charge in [0.1, 0.15) is 10.8 Å². The molecule has 1 atom stereocenters. The van der Waals surface area contributed by atoms with E-state index in [0.717, 1.165) is 23.9 Å². The molecule has 0 aromatic carbocycles. The number of pyridine rings is 1. The molecule has 1 fully saturated rings. The average molecular weight is 265 g/mol. The number of nitrogens with one attached hydrogen (secondary N) is 1. The maximum Gasteiger partial charge on any atom is 0.141 e. The van der Waals surface area contributed by atoms with Gasteiger partial charge in [0, 0.05) is 11.9 Å². The Bertz CT molecular complexity index is 522. The molecule has 18 heavy (non-hydrogen) atoms. The molecule has 2 aromatic heterocycles. The van der Waals surface area contributed by atoms with Crippen molar-refractivity contribution in [2.75, 3.05) is 19.8 Å². The van der Waals surface area contributed by atoms with Crippen LogP contribution in [-0.2, 0) is 4.74 Å². The third kappa shape index (κ3) is 2.40. The molecular weight excluding hydrogens is 253 g/mol. The molecule has 2 aromatic rings. The summed E-state index contributed by atoms with van der Waals surface area (Å²) in [5.41, 5.74) is 1.47. The maximum absolute atomic E-state index is 12.8. The van der Waals surface area contributed by atoms with Crippen LogP contribution >= 0.6 is 11.3 Å². The van der Waals surface area contributed by atoms with Crippen LogP contribution in [0.2, 0.25) is 0 Å². The van der Waals surface area contributed by atoms with Crippen LogP contribution in [-0.4, -0.2) is 29.7 Å². The molecule has 1 saturated heterocycles. The van der Waals surface area contributed by atoms with E-state index in [1.54, 1.807) is 17.4 Å². The summed E-state index contributed by atoms with van der Waals surface area (Å²) < 4.78 is 18.2. The highest BCUT2D eigenvalue weighted by Gasteiger charge is 2.19. The lowest BCUT2D eigenvalue weighted by Gasteiger charge is -2.21. The first-order valence-corrected chi connectivity index (χ1v) is 6.59. The Kier molecular flexibility index (Phi) is 3.31. The number of ether oxygens (including phenoxy) is 1. The fraction of sp³-hybridized carbons (Fsp3) is 0.333. The lowest BCUT2D eigenvalue weighted by molar-refractivity contribution is 0.0768. The van der Waals surface area contributed by atoms with E-state index in [0.29, 0.717) is 12.3 Å². The molecule has 3 heterocycles. The van der Waals surface area contributed by atoms with E-state index >= 15 is 0 Å². The number of halogens is 1. The first-order chi connectivity index (χ1) is 8.83. The van der Waals surface area contributed by atoms with Crippen molar-refractivity contribution >= 4 is 11.3 Å². The summed E-state index contributed by atoms with van der Waals surface area (Å²) in [5, 5.41) is 6.27. The summed E-state index contributed by atoms with van der Waals surface area (Å²) in [6, 6.07) is 3.18. The SMILES string of the molecule is Fc1ccc(-c2csc(C3COCCN3)n2)nc1. The topological polar surface area (TPSA) is 47.0 Å². The number of nitrogens with zero attached hydrogens (tertiary/aromatic N) is 2. The van der Waals surface area contributed by atoms with Crippen molar-refractivity contribution in [1.82, 2.24) is 15.3 Å². The lowest BCUT2D eigenvalue weighted by Crippen LogP contribution is -2.34. The summed E-state index contributed by atoms with van der Waals surface area (Å²) in [7, 11) is 0. The lowest BCUT2D eigenvalue weighted by atomic mass is 10.2. The minimum Gasteiger partial charge on any atom is -0.378 e. The number of aromatic nitrogens is 2. The first kappa shape index (κ1) is 11.7. The van der Waals surface area contributed by atoms with E-state index in [4.69, 9.17) is 4.74 Å². The molecule has 0 amide bonds. The largest absolute Gasteiger partial charge is 0.378 e. The third-order valence-electron chi connectivity index (χ3n) is 2.73. The molecule has 3 rings (SSSR count). The smallest absolute Gasteiger partial charge is 0.141 e. The van der Waals surface area contributed by atoms with Gasteiger partial charge in [-0.15, -0.1) is 11.3 Å². The van der Waals surface area contributed by atoms with Crippen LogP contribution in [0, 0.1) is 5.82 Å². The number of rotatable bonds is 2. The second-order valence-electron chi connectivity index (χ2n) is 4.01. The highest BCUT2D eigenvalue weighted by molar-refractivity contribution is 7.10. The van der Waals surface area contributed by atoms with E-state index in [-0.39, 0.29) is 11.9 Å². The van der Waals surface area contributed by atoms with Crippen LogP contribution in [0.3, 0.4) is 0 Å². The fourth-order valence-corrected chi connectivity index (χ4v) is 2.69. The number of thiazole rings is 1. The first-order valence-electron chi connectivity index (χ1n) is 5.71. The standard InChI is InChI=1S/C12H12FN3OS/c13-8-1-2-9(15-5-8)11-7-18-12(16-11)10-6-17-4-3-14-10/h1-2,5,7,10,14H,3-4,6H2. The van der Waals surface area contributed by atoms with Gasteiger partial charge in [-0.1, -0.05) is 0 Å². The minimum atomic E-state index is -0.337. The van der Waals surface area contributed by atoms with Crippen LogP contribution in [0.1, 0.15) is 11.0 Å². The molecule has 0 saturated carbocycles. The molecular formula is C12H12FN3OS. The summed E-state index contributed by atoms with van der Waals surface area (Å²) >= 11 is 1.57. The van der Waals surface area contributed by atoms with Crippen molar-refractivity contribution in [2.24, 2.45) is 0 Å². The Labute approximate surface area is 108 Å². The summed E-state index contributed by atoms with van der Waals surface area (Å²) in [6.07, 6.45) is 1.20. The van der Waals surface area contributed by atoms with Gasteiger partial charge in [0.05, 0.1) is 36.8 Å². The molecule has 1 unspecified atom stereocenters. The predicted molar refractivity (Wildman–Crippen MR) is 66.9 cm³/mol. The summed E-state index contributed by atoms with van der Waals surface area (Å²) in [6.45, 7) is 2.23. The Balaban J connectivity index is 1.82. The van der Waals surface area contributed by atoms with E-state index in [9.17, 15) is 4.39 Å².